The molecule has 5 atom stereocenters. The van der Waals surface area contributed by atoms with E-state index >= 15 is 0 Å². The molecule has 2 aliphatic rings. The summed E-state index contributed by atoms with van der Waals surface area (Å²) >= 11 is 0. The minimum atomic E-state index is -1.75. The zero-order chi connectivity index (χ0) is 16.6. The second kappa shape index (κ2) is 5.77. The first-order valence-electron chi connectivity index (χ1n) is 6.58. The summed E-state index contributed by atoms with van der Waals surface area (Å²) in [5, 5.41) is 13.1. The van der Waals surface area contributed by atoms with Gasteiger partial charge in [0, 0.05) is 18.2 Å². The Bertz CT molecular complexity index is 704. The Morgan fingerprint density at radius 1 is 1.65 bits per heavy atom. The van der Waals surface area contributed by atoms with Gasteiger partial charge in [-0.2, -0.15) is 4.98 Å². The fraction of sp³-hybridized carbons (Fsp3) is 0.636. The molecule has 12 heteroatoms. The van der Waals surface area contributed by atoms with Gasteiger partial charge in [0.2, 0.25) is 5.72 Å². The standard InChI is InChI=1S/C11H14N6O6/c1-20-10-21-6-7(22-10)11(4-18,15-16-13)23-8(6)17-3-2-5(12)14-9(17)19/h2-3,6-8,10,18H,4H2,1H3,(H2,12,14,19)/t6-,7+,8-,10-,11-/m1/s1. The predicted molar refractivity (Wildman–Crippen MR) is 72.5 cm³/mol. The summed E-state index contributed by atoms with van der Waals surface area (Å²) < 4.78 is 22.6. The normalized spacial score (nSPS) is 35.7. The number of hydrogen-bond donors (Lipinski definition) is 2. The molecule has 1 aromatic heterocycles. The molecule has 23 heavy (non-hydrogen) atoms. The van der Waals surface area contributed by atoms with Crippen molar-refractivity contribution < 1.29 is 24.1 Å². The number of ether oxygens (including phenoxy) is 4. The second-order valence-electron chi connectivity index (χ2n) is 4.92. The van der Waals surface area contributed by atoms with Gasteiger partial charge in [-0.15, -0.1) is 0 Å². The average Bonchev–Trinajstić information content (AvgIpc) is 3.07. The van der Waals surface area contributed by atoms with Gasteiger partial charge < -0.3 is 29.8 Å². The topological polar surface area (TPSA) is 167 Å². The monoisotopic (exact) mass is 326 g/mol. The van der Waals surface area contributed by atoms with Gasteiger partial charge in [-0.05, 0) is 11.6 Å². The molecule has 0 unspecified atom stereocenters. The third kappa shape index (κ3) is 2.43. The molecule has 0 saturated carbocycles. The maximum absolute atomic E-state index is 12.0. The molecule has 3 N–H and O–H groups in total. The number of aromatic nitrogens is 2. The molecule has 0 aliphatic carbocycles. The van der Waals surface area contributed by atoms with E-state index in [-0.39, 0.29) is 5.82 Å². The van der Waals surface area contributed by atoms with Crippen LogP contribution in [-0.4, -0.2) is 52.8 Å². The molecule has 3 rings (SSSR count). The summed E-state index contributed by atoms with van der Waals surface area (Å²) in [5.74, 6) is 0.0441. The van der Waals surface area contributed by atoms with E-state index in [0.29, 0.717) is 0 Å². The van der Waals surface area contributed by atoms with Crippen LogP contribution in [0.2, 0.25) is 0 Å². The Balaban J connectivity index is 2.04. The Kier molecular flexibility index (Phi) is 3.93. The number of azide groups is 1. The first-order chi connectivity index (χ1) is 11.0. The Morgan fingerprint density at radius 2 is 2.43 bits per heavy atom. The zero-order valence-electron chi connectivity index (χ0n) is 12.0. The van der Waals surface area contributed by atoms with Gasteiger partial charge in [0.1, 0.15) is 18.0 Å². The van der Waals surface area contributed by atoms with Crippen molar-refractivity contribution in [3.8, 4) is 0 Å². The number of rotatable bonds is 4. The Morgan fingerprint density at radius 3 is 3.04 bits per heavy atom. The molecule has 0 amide bonds. The van der Waals surface area contributed by atoms with Crippen molar-refractivity contribution in [2.75, 3.05) is 19.5 Å². The molecule has 0 aromatic carbocycles. The van der Waals surface area contributed by atoms with Gasteiger partial charge in [0.15, 0.2) is 6.23 Å². The Labute approximate surface area is 129 Å². The summed E-state index contributed by atoms with van der Waals surface area (Å²) in [5.41, 5.74) is 11.8. The first kappa shape index (κ1) is 15.7. The second-order valence-corrected chi connectivity index (χ2v) is 4.92. The minimum absolute atomic E-state index is 0.0441. The Hall–Kier alpha value is -2.21. The van der Waals surface area contributed by atoms with E-state index in [9.17, 15) is 9.90 Å². The number of aliphatic hydroxyl groups is 1. The molecule has 0 bridgehead atoms. The largest absolute Gasteiger partial charge is 0.393 e. The molecular weight excluding hydrogens is 312 g/mol. The van der Waals surface area contributed by atoms with Crippen LogP contribution >= 0.6 is 0 Å². The van der Waals surface area contributed by atoms with Crippen molar-refractivity contribution in [2.24, 2.45) is 5.11 Å². The molecule has 2 saturated heterocycles. The van der Waals surface area contributed by atoms with Gasteiger partial charge in [-0.3, -0.25) is 4.57 Å². The van der Waals surface area contributed by atoms with Gasteiger partial charge in [0.05, 0.1) is 6.61 Å². The van der Waals surface area contributed by atoms with Crippen LogP contribution in [0.25, 0.3) is 10.4 Å². The molecule has 2 fully saturated rings. The van der Waals surface area contributed by atoms with Crippen LogP contribution in [0.3, 0.4) is 0 Å². The summed E-state index contributed by atoms with van der Waals surface area (Å²) in [4.78, 5) is 18.3. The SMILES string of the molecule is CO[C@@H]1O[C@H]2[C@H](n3ccc(N)nc3=O)O[C@@](CO)(N=[N+]=[N-])[C@H]2O1. The maximum Gasteiger partial charge on any atom is 0.351 e. The number of hydrogen-bond acceptors (Lipinski definition) is 9. The number of nitrogens with two attached hydrogens (primary N) is 1. The molecule has 0 spiro atoms. The van der Waals surface area contributed by atoms with Crippen molar-refractivity contribution in [3.63, 3.8) is 0 Å². The number of nitrogen functional groups attached to an aromatic ring is 1. The number of aliphatic hydroxyl groups excluding tert-OH is 1. The van der Waals surface area contributed by atoms with E-state index in [0.717, 1.165) is 4.57 Å². The van der Waals surface area contributed by atoms with Gasteiger partial charge in [0.25, 0.3) is 6.48 Å². The summed E-state index contributed by atoms with van der Waals surface area (Å²) in [7, 11) is 1.35. The van der Waals surface area contributed by atoms with Crippen molar-refractivity contribution in [2.45, 2.75) is 30.6 Å². The highest BCUT2D eigenvalue weighted by atomic mass is 16.9. The van der Waals surface area contributed by atoms with E-state index in [4.69, 9.17) is 30.2 Å². The lowest BCUT2D eigenvalue weighted by Crippen LogP contribution is -2.43. The van der Waals surface area contributed by atoms with Crippen molar-refractivity contribution in [1.82, 2.24) is 9.55 Å². The smallest absolute Gasteiger partial charge is 0.351 e. The lowest BCUT2D eigenvalue weighted by atomic mass is 10.1. The van der Waals surface area contributed by atoms with E-state index < -0.39 is 42.9 Å². The van der Waals surface area contributed by atoms with E-state index in [1.165, 1.54) is 19.4 Å². The van der Waals surface area contributed by atoms with Gasteiger partial charge in [-0.1, -0.05) is 5.11 Å². The molecule has 1 aromatic rings. The summed E-state index contributed by atoms with van der Waals surface area (Å²) in [6, 6.07) is 1.40. The van der Waals surface area contributed by atoms with E-state index in [2.05, 4.69) is 15.0 Å². The number of fused-ring (bicyclic) bond motifs is 1. The first-order valence-corrected chi connectivity index (χ1v) is 6.58. The fourth-order valence-electron chi connectivity index (χ4n) is 2.61. The van der Waals surface area contributed by atoms with Crippen LogP contribution in [0.1, 0.15) is 6.23 Å². The quantitative estimate of drug-likeness (QED) is 0.406. The van der Waals surface area contributed by atoms with Crippen LogP contribution in [0.15, 0.2) is 22.2 Å². The number of anilines is 1. The van der Waals surface area contributed by atoms with Gasteiger partial charge in [-0.25, -0.2) is 4.79 Å². The highest BCUT2D eigenvalue weighted by molar-refractivity contribution is 5.23. The summed E-state index contributed by atoms with van der Waals surface area (Å²) in [6.07, 6.45) is -1.51. The number of methoxy groups -OCH3 is 1. The van der Waals surface area contributed by atoms with Crippen LogP contribution in [-0.2, 0) is 18.9 Å². The molecule has 3 heterocycles. The highest BCUT2D eigenvalue weighted by Gasteiger charge is 2.62. The van der Waals surface area contributed by atoms with Crippen LogP contribution < -0.4 is 11.4 Å². The highest BCUT2D eigenvalue weighted by Crippen LogP contribution is 2.45. The molecular formula is C11H14N6O6. The molecule has 124 valence electrons. The molecule has 0 radical (unpaired) electrons. The van der Waals surface area contributed by atoms with Crippen LogP contribution in [0.5, 0.6) is 0 Å². The third-order valence-electron chi connectivity index (χ3n) is 3.63. The van der Waals surface area contributed by atoms with Gasteiger partial charge >= 0.3 is 5.69 Å². The van der Waals surface area contributed by atoms with Crippen molar-refractivity contribution >= 4 is 5.82 Å². The average molecular weight is 326 g/mol. The zero-order valence-corrected chi connectivity index (χ0v) is 12.0. The molecule has 2 aliphatic heterocycles. The maximum atomic E-state index is 12.0. The van der Waals surface area contributed by atoms with Crippen LogP contribution in [0.4, 0.5) is 5.82 Å². The lowest BCUT2D eigenvalue weighted by molar-refractivity contribution is -0.270. The van der Waals surface area contributed by atoms with Crippen LogP contribution in [0, 0.1) is 0 Å². The molecule has 12 nitrogen and oxygen atoms in total. The van der Waals surface area contributed by atoms with E-state index in [1.807, 2.05) is 0 Å². The number of nitrogens with zero attached hydrogens (tertiary/aromatic N) is 5. The van der Waals surface area contributed by atoms with Crippen molar-refractivity contribution in [3.05, 3.63) is 33.2 Å². The predicted octanol–water partition coefficient (Wildman–Crippen LogP) is -0.933. The fourth-order valence-corrected chi connectivity index (χ4v) is 2.61. The minimum Gasteiger partial charge on any atom is -0.393 e. The third-order valence-corrected chi connectivity index (χ3v) is 3.63. The lowest BCUT2D eigenvalue weighted by Gasteiger charge is -2.26. The van der Waals surface area contributed by atoms with Crippen molar-refractivity contribution in [1.29, 1.82) is 0 Å². The van der Waals surface area contributed by atoms with E-state index in [1.54, 1.807) is 0 Å². The summed E-state index contributed by atoms with van der Waals surface area (Å²) in [6.45, 7) is -1.72.